The molecule has 0 spiro atoms. The second-order valence-corrected chi connectivity index (χ2v) is 4.77. The van der Waals surface area contributed by atoms with Gasteiger partial charge in [0, 0.05) is 24.2 Å². The molecular formula is C13H13N3O2S. The van der Waals surface area contributed by atoms with Gasteiger partial charge in [-0.25, -0.2) is 0 Å². The Kier molecular flexibility index (Phi) is 4.34. The zero-order valence-corrected chi connectivity index (χ0v) is 11.2. The van der Waals surface area contributed by atoms with Crippen LogP contribution in [0.2, 0.25) is 0 Å². The lowest BCUT2D eigenvalue weighted by Crippen LogP contribution is -2.13. The summed E-state index contributed by atoms with van der Waals surface area (Å²) in [6.07, 6.45) is 0. The first-order chi connectivity index (χ1) is 9.22. The molecule has 1 aromatic carbocycles. The predicted octanol–water partition coefficient (Wildman–Crippen LogP) is 1.61. The molecule has 19 heavy (non-hydrogen) atoms. The normalized spacial score (nSPS) is 10.1. The Morgan fingerprint density at radius 1 is 1.47 bits per heavy atom. The molecule has 2 aromatic rings. The molecule has 0 bridgehead atoms. The predicted molar refractivity (Wildman–Crippen MR) is 73.2 cm³/mol. The number of benzene rings is 1. The van der Waals surface area contributed by atoms with Gasteiger partial charge in [-0.1, -0.05) is 17.4 Å². The SMILES string of the molecule is COc1ccc(CNCc2csc(=O)[nH]2)cc1C#N. The Morgan fingerprint density at radius 2 is 2.32 bits per heavy atom. The molecule has 0 saturated heterocycles. The maximum atomic E-state index is 11.0. The Bertz CT molecular complexity index is 654. The van der Waals surface area contributed by atoms with Crippen LogP contribution >= 0.6 is 11.3 Å². The van der Waals surface area contributed by atoms with Gasteiger partial charge in [0.2, 0.25) is 0 Å². The summed E-state index contributed by atoms with van der Waals surface area (Å²) in [7, 11) is 1.54. The first-order valence-electron chi connectivity index (χ1n) is 5.67. The molecule has 0 radical (unpaired) electrons. The number of nitrogens with zero attached hydrogens (tertiary/aromatic N) is 1. The zero-order chi connectivity index (χ0) is 13.7. The minimum Gasteiger partial charge on any atom is -0.495 e. The van der Waals surface area contributed by atoms with Crippen LogP contribution in [0.5, 0.6) is 5.75 Å². The molecule has 1 aromatic heterocycles. The van der Waals surface area contributed by atoms with E-state index in [0.29, 0.717) is 24.4 Å². The quantitative estimate of drug-likeness (QED) is 0.869. The van der Waals surface area contributed by atoms with Crippen molar-refractivity contribution in [2.24, 2.45) is 0 Å². The summed E-state index contributed by atoms with van der Waals surface area (Å²) < 4.78 is 5.09. The molecule has 0 aliphatic carbocycles. The topological polar surface area (TPSA) is 77.9 Å². The van der Waals surface area contributed by atoms with Crippen LogP contribution in [-0.4, -0.2) is 12.1 Å². The fourth-order valence-corrected chi connectivity index (χ4v) is 2.28. The van der Waals surface area contributed by atoms with Crippen molar-refractivity contribution >= 4 is 11.3 Å². The summed E-state index contributed by atoms with van der Waals surface area (Å²) >= 11 is 1.15. The highest BCUT2D eigenvalue weighted by Crippen LogP contribution is 2.18. The van der Waals surface area contributed by atoms with Crippen molar-refractivity contribution in [1.29, 1.82) is 5.26 Å². The van der Waals surface area contributed by atoms with E-state index in [1.165, 1.54) is 0 Å². The van der Waals surface area contributed by atoms with Crippen LogP contribution in [0.4, 0.5) is 0 Å². The molecule has 0 aliphatic rings. The van der Waals surface area contributed by atoms with Crippen LogP contribution in [0.3, 0.4) is 0 Å². The van der Waals surface area contributed by atoms with Gasteiger partial charge in [-0.15, -0.1) is 0 Å². The van der Waals surface area contributed by atoms with Crippen LogP contribution in [-0.2, 0) is 13.1 Å². The number of aromatic amines is 1. The van der Waals surface area contributed by atoms with E-state index in [2.05, 4.69) is 16.4 Å². The number of methoxy groups -OCH3 is 1. The molecule has 0 atom stereocenters. The van der Waals surface area contributed by atoms with Gasteiger partial charge in [0.25, 0.3) is 0 Å². The van der Waals surface area contributed by atoms with E-state index >= 15 is 0 Å². The lowest BCUT2D eigenvalue weighted by atomic mass is 10.1. The first kappa shape index (κ1) is 13.3. The Labute approximate surface area is 114 Å². The number of ether oxygens (including phenoxy) is 1. The summed E-state index contributed by atoms with van der Waals surface area (Å²) in [5.41, 5.74) is 2.38. The molecule has 5 nitrogen and oxygen atoms in total. The lowest BCUT2D eigenvalue weighted by Gasteiger charge is -2.06. The Morgan fingerprint density at radius 3 is 2.95 bits per heavy atom. The molecule has 2 N–H and O–H groups in total. The first-order valence-corrected chi connectivity index (χ1v) is 6.55. The van der Waals surface area contributed by atoms with Crippen molar-refractivity contribution in [3.8, 4) is 11.8 Å². The Balaban J connectivity index is 1.96. The molecule has 1 heterocycles. The van der Waals surface area contributed by atoms with E-state index in [1.807, 2.05) is 6.07 Å². The summed E-state index contributed by atoms with van der Waals surface area (Å²) in [5, 5.41) is 14.0. The van der Waals surface area contributed by atoms with Gasteiger partial charge >= 0.3 is 4.87 Å². The molecule has 0 amide bonds. The smallest absolute Gasteiger partial charge is 0.304 e. The third kappa shape index (κ3) is 3.44. The number of rotatable bonds is 5. The van der Waals surface area contributed by atoms with Gasteiger partial charge < -0.3 is 15.0 Å². The van der Waals surface area contributed by atoms with Crippen LogP contribution in [0.1, 0.15) is 16.8 Å². The molecule has 0 aliphatic heterocycles. The zero-order valence-electron chi connectivity index (χ0n) is 10.4. The molecule has 6 heteroatoms. The number of nitriles is 1. The number of hydrogen-bond acceptors (Lipinski definition) is 5. The van der Waals surface area contributed by atoms with Crippen molar-refractivity contribution < 1.29 is 4.74 Å². The van der Waals surface area contributed by atoms with Gasteiger partial charge in [0.1, 0.15) is 11.8 Å². The summed E-state index contributed by atoms with van der Waals surface area (Å²) in [6, 6.07) is 7.58. The van der Waals surface area contributed by atoms with Crippen LogP contribution in [0.15, 0.2) is 28.4 Å². The summed E-state index contributed by atoms with van der Waals surface area (Å²) in [4.78, 5) is 13.6. The van der Waals surface area contributed by atoms with E-state index in [-0.39, 0.29) is 4.87 Å². The largest absolute Gasteiger partial charge is 0.495 e. The fourth-order valence-electron chi connectivity index (χ4n) is 1.69. The van der Waals surface area contributed by atoms with Crippen molar-refractivity contribution in [3.05, 3.63) is 50.1 Å². The Hall–Kier alpha value is -2.10. The third-order valence-corrected chi connectivity index (χ3v) is 3.32. The fraction of sp³-hybridized carbons (Fsp3) is 0.231. The maximum Gasteiger partial charge on any atom is 0.304 e. The average molecular weight is 275 g/mol. The maximum absolute atomic E-state index is 11.0. The summed E-state index contributed by atoms with van der Waals surface area (Å²) in [5.74, 6) is 0.577. The van der Waals surface area contributed by atoms with Crippen LogP contribution < -0.4 is 14.9 Å². The monoisotopic (exact) mass is 275 g/mol. The van der Waals surface area contributed by atoms with Gasteiger partial charge in [0.15, 0.2) is 0 Å². The van der Waals surface area contributed by atoms with Crippen molar-refractivity contribution in [1.82, 2.24) is 10.3 Å². The molecule has 98 valence electrons. The van der Waals surface area contributed by atoms with Gasteiger partial charge in [-0.3, -0.25) is 4.79 Å². The molecule has 2 rings (SSSR count). The van der Waals surface area contributed by atoms with E-state index < -0.39 is 0 Å². The van der Waals surface area contributed by atoms with Crippen LogP contribution in [0, 0.1) is 11.3 Å². The number of H-pyrrole nitrogens is 1. The average Bonchev–Trinajstić information content (AvgIpc) is 2.84. The minimum atomic E-state index is -0.0481. The molecule has 0 fully saturated rings. The minimum absolute atomic E-state index is 0.0481. The third-order valence-electron chi connectivity index (χ3n) is 2.60. The highest BCUT2D eigenvalue weighted by molar-refractivity contribution is 7.07. The number of thiazole rings is 1. The van der Waals surface area contributed by atoms with E-state index in [0.717, 1.165) is 22.6 Å². The number of aromatic nitrogens is 1. The van der Waals surface area contributed by atoms with E-state index in [4.69, 9.17) is 10.00 Å². The standard InChI is InChI=1S/C13H13N3O2S/c1-18-12-3-2-9(4-10(12)5-14)6-15-7-11-8-19-13(17)16-11/h2-4,8,15H,6-7H2,1H3,(H,16,17). The number of hydrogen-bond donors (Lipinski definition) is 2. The van der Waals surface area contributed by atoms with Crippen molar-refractivity contribution in [2.45, 2.75) is 13.1 Å². The number of nitrogens with one attached hydrogen (secondary N) is 2. The van der Waals surface area contributed by atoms with Gasteiger partial charge in [0.05, 0.1) is 12.7 Å². The summed E-state index contributed by atoms with van der Waals surface area (Å²) in [6.45, 7) is 1.21. The molecule has 0 saturated carbocycles. The van der Waals surface area contributed by atoms with E-state index in [1.54, 1.807) is 24.6 Å². The van der Waals surface area contributed by atoms with Crippen molar-refractivity contribution in [2.75, 3.05) is 7.11 Å². The second-order valence-electron chi connectivity index (χ2n) is 3.92. The highest BCUT2D eigenvalue weighted by atomic mass is 32.1. The van der Waals surface area contributed by atoms with E-state index in [9.17, 15) is 4.79 Å². The highest BCUT2D eigenvalue weighted by Gasteiger charge is 2.03. The lowest BCUT2D eigenvalue weighted by molar-refractivity contribution is 0.413. The second kappa shape index (κ2) is 6.18. The van der Waals surface area contributed by atoms with Crippen molar-refractivity contribution in [3.63, 3.8) is 0 Å². The molecular weight excluding hydrogens is 262 g/mol. The van der Waals surface area contributed by atoms with Gasteiger partial charge in [-0.05, 0) is 17.7 Å². The van der Waals surface area contributed by atoms with Gasteiger partial charge in [-0.2, -0.15) is 5.26 Å². The van der Waals surface area contributed by atoms with Crippen LogP contribution in [0.25, 0.3) is 0 Å². The molecule has 0 unspecified atom stereocenters.